The van der Waals surface area contributed by atoms with Crippen LogP contribution in [-0.2, 0) is 24.2 Å². The lowest BCUT2D eigenvalue weighted by atomic mass is 9.99. The van der Waals surface area contributed by atoms with Gasteiger partial charge in [0.05, 0.1) is 6.04 Å². The number of hydrogen-bond donors (Lipinski definition) is 0. The van der Waals surface area contributed by atoms with E-state index in [-0.39, 0.29) is 11.9 Å². The first kappa shape index (κ1) is 18.1. The van der Waals surface area contributed by atoms with Gasteiger partial charge in [0.15, 0.2) is 5.82 Å². The Kier molecular flexibility index (Phi) is 5.48. The van der Waals surface area contributed by atoms with E-state index in [0.717, 1.165) is 57.6 Å². The summed E-state index contributed by atoms with van der Waals surface area (Å²) in [6.45, 7) is 2.77. The molecule has 27 heavy (non-hydrogen) atoms. The van der Waals surface area contributed by atoms with Crippen molar-refractivity contribution in [1.82, 2.24) is 19.8 Å². The third-order valence-corrected chi connectivity index (χ3v) is 5.73. The maximum atomic E-state index is 13.0. The predicted octanol–water partition coefficient (Wildman–Crippen LogP) is 3.15. The number of hydrogen-bond acceptors (Lipinski definition) is 4. The smallest absolute Gasteiger partial charge is 0.223 e. The number of aryl methyl sites for hydroxylation is 1. The molecule has 142 valence electrons. The van der Waals surface area contributed by atoms with E-state index in [0.29, 0.717) is 6.42 Å². The van der Waals surface area contributed by atoms with Gasteiger partial charge in [0.1, 0.15) is 0 Å². The van der Waals surface area contributed by atoms with E-state index in [9.17, 15) is 4.79 Å². The molecule has 1 atom stereocenters. The van der Waals surface area contributed by atoms with Gasteiger partial charge >= 0.3 is 0 Å². The molecule has 1 amide bonds. The lowest BCUT2D eigenvalue weighted by Crippen LogP contribution is -2.39. The first-order valence-electron chi connectivity index (χ1n) is 10.1. The second kappa shape index (κ2) is 8.17. The lowest BCUT2D eigenvalue weighted by Gasteiger charge is -2.35. The third kappa shape index (κ3) is 4.19. The van der Waals surface area contributed by atoms with Crippen LogP contribution in [0.25, 0.3) is 0 Å². The van der Waals surface area contributed by atoms with Crippen molar-refractivity contribution in [2.24, 2.45) is 0 Å². The highest BCUT2D eigenvalue weighted by atomic mass is 16.2. The van der Waals surface area contributed by atoms with Gasteiger partial charge in [0, 0.05) is 49.9 Å². The van der Waals surface area contributed by atoms with Crippen LogP contribution in [0.4, 0.5) is 0 Å². The topological polar surface area (TPSA) is 49.3 Å². The van der Waals surface area contributed by atoms with E-state index in [1.54, 1.807) is 0 Å². The molecule has 1 saturated heterocycles. The highest BCUT2D eigenvalue weighted by Crippen LogP contribution is 2.30. The number of aromatic nitrogens is 2. The van der Waals surface area contributed by atoms with E-state index < -0.39 is 0 Å². The molecule has 1 fully saturated rings. The molecule has 2 aliphatic heterocycles. The van der Waals surface area contributed by atoms with Crippen molar-refractivity contribution in [3.8, 4) is 0 Å². The molecular weight excluding hydrogens is 336 g/mol. The zero-order valence-electron chi connectivity index (χ0n) is 16.1. The first-order chi connectivity index (χ1) is 13.2. The second-order valence-corrected chi connectivity index (χ2v) is 7.77. The third-order valence-electron chi connectivity index (χ3n) is 5.73. The van der Waals surface area contributed by atoms with Crippen LogP contribution >= 0.6 is 0 Å². The molecule has 0 spiro atoms. The van der Waals surface area contributed by atoms with Gasteiger partial charge in [0.25, 0.3) is 0 Å². The van der Waals surface area contributed by atoms with Gasteiger partial charge in [-0.3, -0.25) is 4.79 Å². The molecule has 0 unspecified atom stereocenters. The van der Waals surface area contributed by atoms with Crippen LogP contribution in [0, 0.1) is 0 Å². The summed E-state index contributed by atoms with van der Waals surface area (Å²) in [6, 6.07) is 10.3. The Bertz CT molecular complexity index is 792. The molecule has 3 heterocycles. The van der Waals surface area contributed by atoms with E-state index >= 15 is 0 Å². The molecule has 1 aromatic heterocycles. The molecule has 0 radical (unpaired) electrons. The number of rotatable bonds is 4. The van der Waals surface area contributed by atoms with Crippen LogP contribution in [0.15, 0.2) is 36.5 Å². The standard InChI is InChI=1S/C22H28N4O/c1-25-14-12-19-18(16-25)15-23-22(24-19)20-9-5-6-13-26(20)21(27)11-10-17-7-3-2-4-8-17/h2-4,7-8,15,20H,5-6,9-14,16H2,1H3/t20-/m1/s1. The number of piperidine rings is 1. The van der Waals surface area contributed by atoms with E-state index in [2.05, 4.69) is 29.1 Å². The summed E-state index contributed by atoms with van der Waals surface area (Å²) in [5, 5.41) is 0. The Morgan fingerprint density at radius 1 is 1.19 bits per heavy atom. The summed E-state index contributed by atoms with van der Waals surface area (Å²) in [5.74, 6) is 1.07. The number of likely N-dealkylation sites (N-methyl/N-ethyl adjacent to an activating group) is 1. The Hall–Kier alpha value is -2.27. The Morgan fingerprint density at radius 3 is 2.89 bits per heavy atom. The molecule has 0 saturated carbocycles. The Labute approximate surface area is 161 Å². The fourth-order valence-corrected chi connectivity index (χ4v) is 4.17. The van der Waals surface area contributed by atoms with Crippen molar-refractivity contribution in [2.75, 3.05) is 20.1 Å². The van der Waals surface area contributed by atoms with Crippen LogP contribution in [0.1, 0.15) is 54.4 Å². The van der Waals surface area contributed by atoms with Crippen LogP contribution in [0.5, 0.6) is 0 Å². The maximum Gasteiger partial charge on any atom is 0.223 e. The zero-order valence-corrected chi connectivity index (χ0v) is 16.1. The number of nitrogens with zero attached hydrogens (tertiary/aromatic N) is 4. The second-order valence-electron chi connectivity index (χ2n) is 7.77. The molecule has 0 N–H and O–H groups in total. The van der Waals surface area contributed by atoms with Gasteiger partial charge in [0.2, 0.25) is 5.91 Å². The average Bonchev–Trinajstić information content (AvgIpc) is 2.72. The van der Waals surface area contributed by atoms with Crippen LogP contribution < -0.4 is 0 Å². The fourth-order valence-electron chi connectivity index (χ4n) is 4.17. The van der Waals surface area contributed by atoms with Crippen molar-refractivity contribution < 1.29 is 4.79 Å². The van der Waals surface area contributed by atoms with Crippen molar-refractivity contribution in [1.29, 1.82) is 0 Å². The number of amides is 1. The highest BCUT2D eigenvalue weighted by molar-refractivity contribution is 5.77. The number of fused-ring (bicyclic) bond motifs is 1. The highest BCUT2D eigenvalue weighted by Gasteiger charge is 2.30. The van der Waals surface area contributed by atoms with E-state index in [4.69, 9.17) is 4.98 Å². The Morgan fingerprint density at radius 2 is 2.04 bits per heavy atom. The van der Waals surface area contributed by atoms with Gasteiger partial charge in [-0.05, 0) is 38.3 Å². The number of carbonyl (C=O) groups is 1. The van der Waals surface area contributed by atoms with Gasteiger partial charge in [-0.1, -0.05) is 30.3 Å². The lowest BCUT2D eigenvalue weighted by molar-refractivity contribution is -0.135. The van der Waals surface area contributed by atoms with Crippen molar-refractivity contribution in [2.45, 2.75) is 51.1 Å². The van der Waals surface area contributed by atoms with Crippen molar-refractivity contribution in [3.05, 3.63) is 59.2 Å². The summed E-state index contributed by atoms with van der Waals surface area (Å²) in [5.41, 5.74) is 3.61. The van der Waals surface area contributed by atoms with Gasteiger partial charge < -0.3 is 9.80 Å². The van der Waals surface area contributed by atoms with E-state index in [1.807, 2.05) is 29.3 Å². The fraction of sp³-hybridized carbons (Fsp3) is 0.500. The maximum absolute atomic E-state index is 13.0. The van der Waals surface area contributed by atoms with Gasteiger partial charge in [-0.15, -0.1) is 0 Å². The molecule has 5 nitrogen and oxygen atoms in total. The minimum absolute atomic E-state index is 0.0342. The number of benzene rings is 1. The molecule has 2 aromatic rings. The van der Waals surface area contributed by atoms with Crippen LogP contribution in [0.3, 0.4) is 0 Å². The first-order valence-corrected chi connectivity index (χ1v) is 10.1. The van der Waals surface area contributed by atoms with Gasteiger partial charge in [-0.25, -0.2) is 9.97 Å². The minimum Gasteiger partial charge on any atom is -0.332 e. The molecule has 1 aromatic carbocycles. The predicted molar refractivity (Wildman–Crippen MR) is 105 cm³/mol. The average molecular weight is 364 g/mol. The van der Waals surface area contributed by atoms with E-state index in [1.165, 1.54) is 16.8 Å². The molecular formula is C22H28N4O. The van der Waals surface area contributed by atoms with Crippen LogP contribution in [-0.4, -0.2) is 45.8 Å². The molecule has 5 heteroatoms. The summed E-state index contributed by atoms with van der Waals surface area (Å²) < 4.78 is 0. The SMILES string of the molecule is CN1CCc2nc([C@H]3CCCCN3C(=O)CCc3ccccc3)ncc2C1. The summed E-state index contributed by atoms with van der Waals surface area (Å²) in [6.07, 6.45) is 7.47. The van der Waals surface area contributed by atoms with Crippen molar-refractivity contribution in [3.63, 3.8) is 0 Å². The Balaban J connectivity index is 1.48. The number of likely N-dealkylation sites (tertiary alicyclic amines) is 1. The molecule has 0 bridgehead atoms. The molecule has 2 aliphatic rings. The summed E-state index contributed by atoms with van der Waals surface area (Å²) in [7, 11) is 2.13. The molecule has 4 rings (SSSR count). The normalized spacial score (nSPS) is 20.3. The van der Waals surface area contributed by atoms with Gasteiger partial charge in [-0.2, -0.15) is 0 Å². The number of carbonyl (C=O) groups excluding carboxylic acids is 1. The summed E-state index contributed by atoms with van der Waals surface area (Å²) in [4.78, 5) is 26.8. The largest absolute Gasteiger partial charge is 0.332 e. The van der Waals surface area contributed by atoms with Crippen molar-refractivity contribution >= 4 is 5.91 Å². The monoisotopic (exact) mass is 364 g/mol. The molecule has 0 aliphatic carbocycles. The minimum atomic E-state index is 0.0342. The summed E-state index contributed by atoms with van der Waals surface area (Å²) >= 11 is 0. The van der Waals surface area contributed by atoms with Crippen LogP contribution in [0.2, 0.25) is 0 Å². The zero-order chi connectivity index (χ0) is 18.6. The quantitative estimate of drug-likeness (QED) is 0.836.